The summed E-state index contributed by atoms with van der Waals surface area (Å²) in [4.78, 5) is 13.3. The van der Waals surface area contributed by atoms with Gasteiger partial charge >= 0.3 is 0 Å². The van der Waals surface area contributed by atoms with Crippen LogP contribution in [0.15, 0.2) is 70.5 Å². The van der Waals surface area contributed by atoms with Crippen LogP contribution in [-0.2, 0) is 11.3 Å². The lowest BCUT2D eigenvalue weighted by molar-refractivity contribution is -0.114. The first-order valence-electron chi connectivity index (χ1n) is 9.41. The lowest BCUT2D eigenvalue weighted by atomic mass is 10.1. The first-order valence-corrected chi connectivity index (χ1v) is 10.6. The maximum atomic E-state index is 11.2. The Kier molecular flexibility index (Phi) is 7.26. The number of carbonyl (C=O) groups is 1. The lowest BCUT2D eigenvalue weighted by Crippen LogP contribution is -2.05. The highest BCUT2D eigenvalue weighted by Gasteiger charge is 2.13. The summed E-state index contributed by atoms with van der Waals surface area (Å²) in [5.41, 5.74) is 2.95. The summed E-state index contributed by atoms with van der Waals surface area (Å²) in [6.07, 6.45) is -0.826. The summed E-state index contributed by atoms with van der Waals surface area (Å²) in [5, 5.41) is 26.1. The van der Waals surface area contributed by atoms with Gasteiger partial charge in [0.25, 0.3) is 0 Å². The van der Waals surface area contributed by atoms with E-state index in [1.807, 2.05) is 42.5 Å². The minimum Gasteiger partial charge on any atom is -0.506 e. The quantitative estimate of drug-likeness (QED) is 0.346. The third kappa shape index (κ3) is 5.69. The van der Waals surface area contributed by atoms with E-state index in [0.29, 0.717) is 17.8 Å². The molecule has 4 N–H and O–H groups in total. The minimum atomic E-state index is -0.826. The zero-order chi connectivity index (χ0) is 21.7. The third-order valence-corrected chi connectivity index (χ3v) is 5.82. The standard InChI is InChI=1S/C23H23ClN2O3S/c1-14(27)20-11-18(12-21(24)23(20)29)25-13-16-5-3-4-6-22(16)30-19-9-7-17(8-10-19)26-15(2)28/h3-12,14,25,27,29H,13H2,1-2H3,(H,26,28). The molecule has 5 nitrogen and oxygen atoms in total. The number of hydrogen-bond donors (Lipinski definition) is 4. The molecular formula is C23H23ClN2O3S. The molecule has 0 aliphatic carbocycles. The van der Waals surface area contributed by atoms with Gasteiger partial charge in [-0.25, -0.2) is 0 Å². The maximum Gasteiger partial charge on any atom is 0.221 e. The highest BCUT2D eigenvalue weighted by atomic mass is 35.5. The van der Waals surface area contributed by atoms with Gasteiger partial charge in [-0.2, -0.15) is 0 Å². The Hall–Kier alpha value is -2.67. The first-order chi connectivity index (χ1) is 14.3. The zero-order valence-electron chi connectivity index (χ0n) is 16.6. The van der Waals surface area contributed by atoms with Crippen molar-refractivity contribution in [3.05, 3.63) is 76.8 Å². The number of nitrogens with one attached hydrogen (secondary N) is 2. The molecule has 0 spiro atoms. The summed E-state index contributed by atoms with van der Waals surface area (Å²) in [6, 6.07) is 19.1. The fraction of sp³-hybridized carbons (Fsp3) is 0.174. The van der Waals surface area contributed by atoms with Crippen molar-refractivity contribution in [3.63, 3.8) is 0 Å². The number of phenolic OH excluding ortho intramolecular Hbond substituents is 1. The van der Waals surface area contributed by atoms with Crippen molar-refractivity contribution in [2.45, 2.75) is 36.3 Å². The average Bonchev–Trinajstić information content (AvgIpc) is 2.70. The highest BCUT2D eigenvalue weighted by Crippen LogP contribution is 2.36. The first kappa shape index (κ1) is 22.0. The van der Waals surface area contributed by atoms with Crippen LogP contribution in [0.5, 0.6) is 5.75 Å². The molecule has 0 radical (unpaired) electrons. The van der Waals surface area contributed by atoms with E-state index in [0.717, 1.165) is 21.0 Å². The molecule has 0 fully saturated rings. The van der Waals surface area contributed by atoms with Crippen LogP contribution in [0, 0.1) is 0 Å². The minimum absolute atomic E-state index is 0.0973. The van der Waals surface area contributed by atoms with E-state index >= 15 is 0 Å². The molecule has 30 heavy (non-hydrogen) atoms. The number of aliphatic hydroxyl groups is 1. The van der Waals surface area contributed by atoms with E-state index in [1.165, 1.54) is 6.92 Å². The molecule has 3 aromatic carbocycles. The molecule has 3 aromatic rings. The summed E-state index contributed by atoms with van der Waals surface area (Å²) >= 11 is 7.73. The molecule has 0 heterocycles. The second-order valence-electron chi connectivity index (χ2n) is 6.84. The van der Waals surface area contributed by atoms with Crippen molar-refractivity contribution >= 4 is 40.6 Å². The van der Waals surface area contributed by atoms with Crippen LogP contribution in [-0.4, -0.2) is 16.1 Å². The van der Waals surface area contributed by atoms with E-state index in [-0.39, 0.29) is 16.7 Å². The van der Waals surface area contributed by atoms with Gasteiger partial charge in [0.1, 0.15) is 5.75 Å². The summed E-state index contributed by atoms with van der Waals surface area (Å²) in [6.45, 7) is 3.61. The molecule has 3 rings (SSSR count). The Bertz CT molecular complexity index is 1040. The number of amides is 1. The number of benzene rings is 3. The van der Waals surface area contributed by atoms with Crippen LogP contribution in [0.2, 0.25) is 5.02 Å². The summed E-state index contributed by atoms with van der Waals surface area (Å²) < 4.78 is 0. The van der Waals surface area contributed by atoms with Crippen molar-refractivity contribution < 1.29 is 15.0 Å². The van der Waals surface area contributed by atoms with Crippen LogP contribution >= 0.6 is 23.4 Å². The Labute approximate surface area is 185 Å². The third-order valence-electron chi connectivity index (χ3n) is 4.40. The normalized spacial score (nSPS) is 11.7. The molecule has 1 atom stereocenters. The molecule has 0 bridgehead atoms. The van der Waals surface area contributed by atoms with Gasteiger partial charge in [0.15, 0.2) is 0 Å². The Morgan fingerprint density at radius 3 is 2.47 bits per heavy atom. The van der Waals surface area contributed by atoms with Crippen molar-refractivity contribution in [2.24, 2.45) is 0 Å². The molecule has 1 unspecified atom stereocenters. The van der Waals surface area contributed by atoms with Gasteiger partial charge < -0.3 is 20.8 Å². The average molecular weight is 443 g/mol. The number of anilines is 2. The Balaban J connectivity index is 1.74. The fourth-order valence-corrected chi connectivity index (χ4v) is 4.09. The molecule has 0 aromatic heterocycles. The number of hydrogen-bond acceptors (Lipinski definition) is 5. The monoisotopic (exact) mass is 442 g/mol. The molecule has 7 heteroatoms. The van der Waals surface area contributed by atoms with E-state index in [1.54, 1.807) is 30.8 Å². The molecule has 0 saturated carbocycles. The summed E-state index contributed by atoms with van der Waals surface area (Å²) in [7, 11) is 0. The van der Waals surface area contributed by atoms with Crippen molar-refractivity contribution in [1.29, 1.82) is 0 Å². The largest absolute Gasteiger partial charge is 0.506 e. The highest BCUT2D eigenvalue weighted by molar-refractivity contribution is 7.99. The number of aliphatic hydroxyl groups excluding tert-OH is 1. The van der Waals surface area contributed by atoms with E-state index in [2.05, 4.69) is 16.7 Å². The van der Waals surface area contributed by atoms with Crippen LogP contribution in [0.4, 0.5) is 11.4 Å². The number of phenols is 1. The summed E-state index contributed by atoms with van der Waals surface area (Å²) in [5.74, 6) is -0.198. The van der Waals surface area contributed by atoms with Gasteiger partial charge in [-0.3, -0.25) is 4.79 Å². The van der Waals surface area contributed by atoms with Crippen LogP contribution in [0.3, 0.4) is 0 Å². The lowest BCUT2D eigenvalue weighted by Gasteiger charge is -2.15. The number of halogens is 1. The maximum absolute atomic E-state index is 11.2. The van der Waals surface area contributed by atoms with Crippen molar-refractivity contribution in [3.8, 4) is 5.75 Å². The van der Waals surface area contributed by atoms with Crippen molar-refractivity contribution in [1.82, 2.24) is 0 Å². The molecule has 156 valence electrons. The van der Waals surface area contributed by atoms with Gasteiger partial charge in [0, 0.05) is 40.2 Å². The molecule has 0 aliphatic heterocycles. The van der Waals surface area contributed by atoms with E-state index in [9.17, 15) is 15.0 Å². The Morgan fingerprint density at radius 2 is 1.80 bits per heavy atom. The van der Waals surface area contributed by atoms with Gasteiger partial charge in [0.05, 0.1) is 11.1 Å². The van der Waals surface area contributed by atoms with Crippen LogP contribution < -0.4 is 10.6 Å². The molecule has 0 aliphatic rings. The van der Waals surface area contributed by atoms with E-state index in [4.69, 9.17) is 11.6 Å². The van der Waals surface area contributed by atoms with E-state index < -0.39 is 6.10 Å². The van der Waals surface area contributed by atoms with Gasteiger partial charge in [-0.1, -0.05) is 41.6 Å². The fourth-order valence-electron chi connectivity index (χ4n) is 2.92. The van der Waals surface area contributed by atoms with Gasteiger partial charge in [0.2, 0.25) is 5.91 Å². The van der Waals surface area contributed by atoms with Gasteiger partial charge in [-0.05, 0) is 55.0 Å². The Morgan fingerprint density at radius 1 is 1.10 bits per heavy atom. The predicted molar refractivity (Wildman–Crippen MR) is 122 cm³/mol. The predicted octanol–water partition coefficient (Wildman–Crippen LogP) is 5.82. The second-order valence-corrected chi connectivity index (χ2v) is 8.36. The topological polar surface area (TPSA) is 81.6 Å². The zero-order valence-corrected chi connectivity index (χ0v) is 18.2. The smallest absolute Gasteiger partial charge is 0.221 e. The number of aromatic hydroxyl groups is 1. The van der Waals surface area contributed by atoms with Crippen LogP contribution in [0.1, 0.15) is 31.1 Å². The number of rotatable bonds is 7. The van der Waals surface area contributed by atoms with Crippen LogP contribution in [0.25, 0.3) is 0 Å². The van der Waals surface area contributed by atoms with Gasteiger partial charge in [-0.15, -0.1) is 0 Å². The number of carbonyl (C=O) groups excluding carboxylic acids is 1. The molecule has 0 saturated heterocycles. The van der Waals surface area contributed by atoms with Crippen molar-refractivity contribution in [2.75, 3.05) is 10.6 Å². The molecular weight excluding hydrogens is 420 g/mol. The SMILES string of the molecule is CC(=O)Nc1ccc(Sc2ccccc2CNc2cc(Cl)c(O)c(C(C)O)c2)cc1. The second kappa shape index (κ2) is 9.89. The molecule has 1 amide bonds.